The number of aryl methyl sites for hydroxylation is 3. The molecule has 3 aromatic heterocycles. The molecule has 0 radical (unpaired) electrons. The number of carbonyl (C=O) groups excluding carboxylic acids is 1. The number of hydrogen-bond donors (Lipinski definition) is 5. The van der Waals surface area contributed by atoms with Crippen molar-refractivity contribution in [2.24, 2.45) is 0 Å². The van der Waals surface area contributed by atoms with Gasteiger partial charge in [0.2, 0.25) is 0 Å². The van der Waals surface area contributed by atoms with E-state index in [0.717, 1.165) is 50.0 Å². The van der Waals surface area contributed by atoms with Crippen molar-refractivity contribution in [3.05, 3.63) is 69.3 Å². The molecule has 0 fully saturated rings. The first-order valence-electron chi connectivity index (χ1n) is 15.6. The largest absolute Gasteiger partial charge is 0.481 e. The molecule has 47 heavy (non-hydrogen) atoms. The number of nitrogens with zero attached hydrogens (tertiary/aromatic N) is 2. The van der Waals surface area contributed by atoms with Gasteiger partial charge in [0.25, 0.3) is 0 Å². The number of carboxylic acid groups (broad SMARTS) is 2. The molecule has 246 valence electrons. The molecular weight excluding hydrogens is 600 g/mol. The zero-order valence-electron chi connectivity index (χ0n) is 27.7. The third-order valence-corrected chi connectivity index (χ3v) is 8.98. The maximum absolute atomic E-state index is 12.0. The first-order chi connectivity index (χ1) is 22.2. The van der Waals surface area contributed by atoms with E-state index >= 15 is 0 Å². The fourth-order valence-electron chi connectivity index (χ4n) is 6.61. The van der Waals surface area contributed by atoms with E-state index in [1.54, 1.807) is 13.8 Å². The molecule has 11 nitrogen and oxygen atoms in total. The molecule has 2 aliphatic rings. The Bertz CT molecular complexity index is 2040. The van der Waals surface area contributed by atoms with Crippen LogP contribution in [0.4, 0.5) is 0 Å². The number of rotatable bonds is 9. The van der Waals surface area contributed by atoms with Crippen molar-refractivity contribution in [3.8, 4) is 0 Å². The van der Waals surface area contributed by atoms with E-state index < -0.39 is 30.1 Å². The second-order valence-electron chi connectivity index (χ2n) is 12.2. The highest BCUT2D eigenvalue weighted by Crippen LogP contribution is 2.38. The minimum Gasteiger partial charge on any atom is -0.481 e. The van der Waals surface area contributed by atoms with Gasteiger partial charge in [-0.1, -0.05) is 0 Å². The number of aliphatic carboxylic acids is 2. The van der Waals surface area contributed by atoms with Gasteiger partial charge in [-0.2, -0.15) is 0 Å². The number of esters is 1. The Kier molecular flexibility index (Phi) is 9.22. The number of carbonyl (C=O) groups is 3. The lowest BCUT2D eigenvalue weighted by molar-refractivity contribution is -0.143. The first kappa shape index (κ1) is 33.3. The molecule has 2 atom stereocenters. The normalized spacial score (nSPS) is 14.4. The Labute approximate surface area is 272 Å². The van der Waals surface area contributed by atoms with Gasteiger partial charge in [-0.05, 0) is 112 Å². The van der Waals surface area contributed by atoms with Crippen LogP contribution in [0.3, 0.4) is 0 Å². The monoisotopic (exact) mass is 640 g/mol. The van der Waals surface area contributed by atoms with Crippen LogP contribution in [-0.4, -0.2) is 59.3 Å². The fraction of sp³-hybridized carbons (Fsp3) is 0.361. The molecule has 2 unspecified atom stereocenters. The zero-order valence-corrected chi connectivity index (χ0v) is 27.7. The van der Waals surface area contributed by atoms with Gasteiger partial charge in [0.05, 0.1) is 28.9 Å². The van der Waals surface area contributed by atoms with Crippen LogP contribution in [0.25, 0.3) is 44.4 Å². The summed E-state index contributed by atoms with van der Waals surface area (Å²) in [6.45, 7) is 12.5. The smallest absolute Gasteiger partial charge is 0.303 e. The summed E-state index contributed by atoms with van der Waals surface area (Å²) in [5, 5.41) is 29.9. The van der Waals surface area contributed by atoms with E-state index in [2.05, 4.69) is 9.97 Å². The topological polar surface area (TPSA) is 178 Å². The van der Waals surface area contributed by atoms with E-state index in [-0.39, 0.29) is 25.7 Å². The lowest BCUT2D eigenvalue weighted by Gasteiger charge is -2.14. The maximum atomic E-state index is 12.0. The van der Waals surface area contributed by atoms with Gasteiger partial charge in [-0.25, -0.2) is 9.97 Å². The molecule has 3 aromatic rings. The van der Waals surface area contributed by atoms with Gasteiger partial charge in [0.1, 0.15) is 6.10 Å². The number of fused-ring (bicyclic) bond motifs is 8. The van der Waals surface area contributed by atoms with E-state index in [9.17, 15) is 29.7 Å². The SMILES string of the molecule is CC(=O)OC(C)C1=C(C)c2cc3nc(cc4[nH]c(cc5[nH]c(cc1n2)c(C)c5C(C)O)c(C)c4CCC(=O)O)C(CCC(=O)O)=C3C. The van der Waals surface area contributed by atoms with Crippen LogP contribution in [0.5, 0.6) is 0 Å². The number of carboxylic acids is 2. The molecule has 5 N–H and O–H groups in total. The molecule has 0 saturated heterocycles. The van der Waals surface area contributed by atoms with E-state index in [1.807, 2.05) is 52.0 Å². The molecule has 0 aliphatic carbocycles. The number of hydrogen-bond acceptors (Lipinski definition) is 7. The third kappa shape index (κ3) is 6.62. The fourth-order valence-corrected chi connectivity index (χ4v) is 6.61. The number of allylic oxidation sites excluding steroid dienone is 3. The van der Waals surface area contributed by atoms with Gasteiger partial charge in [0, 0.05) is 53.0 Å². The molecule has 2 aliphatic heterocycles. The predicted octanol–water partition coefficient (Wildman–Crippen LogP) is 6.68. The van der Waals surface area contributed by atoms with Crippen molar-refractivity contribution in [2.45, 2.75) is 86.4 Å². The Morgan fingerprint density at radius 1 is 0.745 bits per heavy atom. The van der Waals surface area contributed by atoms with Crippen LogP contribution in [-0.2, 0) is 25.5 Å². The maximum Gasteiger partial charge on any atom is 0.303 e. The second kappa shape index (κ2) is 13.0. The minimum atomic E-state index is -0.928. The Hall–Kier alpha value is -5.03. The minimum absolute atomic E-state index is 0.0743. The van der Waals surface area contributed by atoms with Crippen molar-refractivity contribution in [1.82, 2.24) is 19.9 Å². The number of nitrogens with one attached hydrogen (secondary N) is 2. The molecular formula is C36H40N4O7. The lowest BCUT2D eigenvalue weighted by atomic mass is 9.99. The van der Waals surface area contributed by atoms with E-state index in [1.165, 1.54) is 6.92 Å². The molecule has 0 spiro atoms. The second-order valence-corrected chi connectivity index (χ2v) is 12.2. The molecule has 0 saturated carbocycles. The Balaban J connectivity index is 1.94. The molecule has 8 bridgehead atoms. The number of aliphatic hydroxyl groups is 1. The highest BCUT2D eigenvalue weighted by atomic mass is 16.5. The molecule has 5 heterocycles. The van der Waals surface area contributed by atoms with Crippen molar-refractivity contribution in [2.75, 3.05) is 0 Å². The van der Waals surface area contributed by atoms with Crippen LogP contribution in [0, 0.1) is 13.8 Å². The molecule has 11 heteroatoms. The molecule has 0 amide bonds. The van der Waals surface area contributed by atoms with Crippen LogP contribution in [0.2, 0.25) is 0 Å². The number of aromatic nitrogens is 4. The van der Waals surface area contributed by atoms with Crippen LogP contribution >= 0.6 is 0 Å². The number of H-pyrrole nitrogens is 2. The summed E-state index contributed by atoms with van der Waals surface area (Å²) >= 11 is 0. The summed E-state index contributed by atoms with van der Waals surface area (Å²) in [6, 6.07) is 7.51. The van der Waals surface area contributed by atoms with Gasteiger partial charge >= 0.3 is 17.9 Å². The highest BCUT2D eigenvalue weighted by Gasteiger charge is 2.26. The van der Waals surface area contributed by atoms with E-state index in [0.29, 0.717) is 39.4 Å². The van der Waals surface area contributed by atoms with Crippen molar-refractivity contribution < 1.29 is 34.4 Å². The number of ether oxygens (including phenoxy) is 1. The van der Waals surface area contributed by atoms with Crippen molar-refractivity contribution in [1.29, 1.82) is 0 Å². The average Bonchev–Trinajstić information content (AvgIpc) is 3.63. The quantitative estimate of drug-likeness (QED) is 0.160. The van der Waals surface area contributed by atoms with Crippen molar-refractivity contribution >= 4 is 62.3 Å². The summed E-state index contributed by atoms with van der Waals surface area (Å²) in [5.41, 5.74) is 11.6. The average molecular weight is 641 g/mol. The van der Waals surface area contributed by atoms with Crippen LogP contribution in [0.15, 0.2) is 24.3 Å². The van der Waals surface area contributed by atoms with Gasteiger partial charge in [-0.3, -0.25) is 14.4 Å². The van der Waals surface area contributed by atoms with Crippen molar-refractivity contribution in [3.63, 3.8) is 0 Å². The standard InChI is InChI=1S/C36H40N4O7/c1-16-23(8-10-33(43)44)29-15-30-24(9-11-34(45)46)17(2)26(38-30)13-31-35(20(5)41)18(3)28(39-31)14-32-36(21(6)47-22(7)42)19(4)27(40-32)12-25(16)37-29/h12-15,20-21,38-39,41H,8-11H2,1-7H3,(H,43,44)(H,45,46). The number of aliphatic hydroxyl groups excluding tert-OH is 1. The molecule has 0 aromatic carbocycles. The first-order valence-corrected chi connectivity index (χ1v) is 15.6. The summed E-state index contributed by atoms with van der Waals surface area (Å²) < 4.78 is 5.61. The lowest BCUT2D eigenvalue weighted by Crippen LogP contribution is -2.14. The van der Waals surface area contributed by atoms with Crippen LogP contribution < -0.4 is 0 Å². The van der Waals surface area contributed by atoms with Gasteiger partial charge in [-0.15, -0.1) is 0 Å². The predicted molar refractivity (Wildman–Crippen MR) is 180 cm³/mol. The zero-order chi connectivity index (χ0) is 34.3. The summed E-state index contributed by atoms with van der Waals surface area (Å²) in [6.07, 6.45) is -1.04. The third-order valence-electron chi connectivity index (χ3n) is 8.98. The van der Waals surface area contributed by atoms with Gasteiger partial charge < -0.3 is 30.0 Å². The Morgan fingerprint density at radius 2 is 1.32 bits per heavy atom. The Morgan fingerprint density at radius 3 is 1.96 bits per heavy atom. The van der Waals surface area contributed by atoms with Crippen LogP contribution in [0.1, 0.15) is 105 Å². The highest BCUT2D eigenvalue weighted by molar-refractivity contribution is 5.97. The van der Waals surface area contributed by atoms with Gasteiger partial charge in [0.15, 0.2) is 0 Å². The molecule has 5 rings (SSSR count). The summed E-state index contributed by atoms with van der Waals surface area (Å²) in [7, 11) is 0. The number of aromatic amines is 2. The summed E-state index contributed by atoms with van der Waals surface area (Å²) in [4.78, 5) is 52.0. The van der Waals surface area contributed by atoms with E-state index in [4.69, 9.17) is 14.7 Å². The summed E-state index contributed by atoms with van der Waals surface area (Å²) in [5.74, 6) is -2.27.